The number of fused-ring (bicyclic) bond motifs is 1. The highest BCUT2D eigenvalue weighted by Gasteiger charge is 2.59. The van der Waals surface area contributed by atoms with Gasteiger partial charge in [0, 0.05) is 17.8 Å². The molecule has 2 fully saturated rings. The number of nitrogens with zero attached hydrogens (tertiary/aromatic N) is 2. The second kappa shape index (κ2) is 5.98. The summed E-state index contributed by atoms with van der Waals surface area (Å²) >= 11 is 0. The Balaban J connectivity index is 1.59. The minimum Gasteiger partial charge on any atom is -0.366 e. The Bertz CT molecular complexity index is 839. The van der Waals surface area contributed by atoms with Crippen LogP contribution in [0.5, 0.6) is 0 Å². The molecule has 2 aliphatic heterocycles. The number of nitrogens with one attached hydrogen (secondary N) is 2. The van der Waals surface area contributed by atoms with E-state index in [-0.39, 0.29) is 6.54 Å². The van der Waals surface area contributed by atoms with Crippen molar-refractivity contribution in [3.05, 3.63) is 29.8 Å². The summed E-state index contributed by atoms with van der Waals surface area (Å²) in [6, 6.07) is 3.71. The van der Waals surface area contributed by atoms with Gasteiger partial charge in [0.25, 0.3) is 5.91 Å². The van der Waals surface area contributed by atoms with Crippen LogP contribution < -0.4 is 16.5 Å². The number of hydrogen-bond acceptors (Lipinski definition) is 6. The van der Waals surface area contributed by atoms with Crippen molar-refractivity contribution in [2.24, 2.45) is 5.73 Å². The van der Waals surface area contributed by atoms with Crippen LogP contribution in [-0.4, -0.2) is 58.8 Å². The van der Waals surface area contributed by atoms with E-state index in [1.807, 2.05) is 0 Å². The standard InChI is InChI=1S/C13H15N5O6S/c14-11(19)7-1-3-8(4-2-7)15-13(21)16-17-6-5-9-10(17)12(20)18(9)25(22,23)24/h1-4,9-10H,5-6H2,(H2,14,19)(H2,15,16,21)(H,22,23,24)/t9-,10-/m1/s1. The summed E-state index contributed by atoms with van der Waals surface area (Å²) in [5, 5.41) is 3.84. The average molecular weight is 369 g/mol. The van der Waals surface area contributed by atoms with E-state index in [0.29, 0.717) is 22.0 Å². The van der Waals surface area contributed by atoms with E-state index in [0.717, 1.165) is 0 Å². The van der Waals surface area contributed by atoms with Crippen LogP contribution in [0, 0.1) is 0 Å². The van der Waals surface area contributed by atoms with Crippen LogP contribution in [0.1, 0.15) is 16.8 Å². The summed E-state index contributed by atoms with van der Waals surface area (Å²) in [6.45, 7) is 0.251. The van der Waals surface area contributed by atoms with Gasteiger partial charge in [-0.15, -0.1) is 0 Å². The predicted molar refractivity (Wildman–Crippen MR) is 84.4 cm³/mol. The summed E-state index contributed by atoms with van der Waals surface area (Å²) < 4.78 is 31.7. The monoisotopic (exact) mass is 369 g/mol. The normalized spacial score (nSPS) is 22.9. The smallest absolute Gasteiger partial charge is 0.362 e. The molecular weight excluding hydrogens is 354 g/mol. The van der Waals surface area contributed by atoms with Crippen molar-refractivity contribution >= 4 is 33.8 Å². The molecule has 0 unspecified atom stereocenters. The topological polar surface area (TPSA) is 162 Å². The van der Waals surface area contributed by atoms with Crippen LogP contribution in [0.3, 0.4) is 0 Å². The number of carbonyl (C=O) groups is 3. The third-order valence-corrected chi connectivity index (χ3v) is 5.01. The average Bonchev–Trinajstić information content (AvgIpc) is 2.83. The van der Waals surface area contributed by atoms with Gasteiger partial charge in [-0.25, -0.2) is 14.1 Å². The molecule has 2 saturated heterocycles. The SMILES string of the molecule is NC(=O)c1ccc(NC(=O)NN2CC[C@@H]3[C@@H]2C(=O)N3S(=O)(=O)O)cc1. The summed E-state index contributed by atoms with van der Waals surface area (Å²) in [5.74, 6) is -1.39. The number of nitrogens with two attached hydrogens (primary N) is 1. The molecular formula is C13H15N5O6S. The van der Waals surface area contributed by atoms with Crippen molar-refractivity contribution in [2.75, 3.05) is 11.9 Å². The molecule has 0 bridgehead atoms. The van der Waals surface area contributed by atoms with Gasteiger partial charge in [-0.1, -0.05) is 0 Å². The Morgan fingerprint density at radius 2 is 1.88 bits per heavy atom. The highest BCUT2D eigenvalue weighted by Crippen LogP contribution is 2.34. The van der Waals surface area contributed by atoms with Crippen LogP contribution in [0.2, 0.25) is 0 Å². The maximum absolute atomic E-state index is 12.0. The number of carbonyl (C=O) groups excluding carboxylic acids is 3. The van der Waals surface area contributed by atoms with Crippen molar-refractivity contribution in [1.82, 2.24) is 14.7 Å². The molecule has 1 aromatic carbocycles. The van der Waals surface area contributed by atoms with Crippen molar-refractivity contribution in [3.8, 4) is 0 Å². The van der Waals surface area contributed by atoms with E-state index in [9.17, 15) is 22.8 Å². The van der Waals surface area contributed by atoms with Gasteiger partial charge < -0.3 is 11.1 Å². The van der Waals surface area contributed by atoms with E-state index in [1.165, 1.54) is 29.3 Å². The lowest BCUT2D eigenvalue weighted by molar-refractivity contribution is -0.145. The fourth-order valence-corrected chi connectivity index (χ4v) is 3.85. The lowest BCUT2D eigenvalue weighted by Gasteiger charge is -2.42. The summed E-state index contributed by atoms with van der Waals surface area (Å²) in [4.78, 5) is 34.9. The van der Waals surface area contributed by atoms with Gasteiger partial charge in [0.2, 0.25) is 5.91 Å². The van der Waals surface area contributed by atoms with E-state index in [1.54, 1.807) is 0 Å². The second-order valence-corrected chi connectivity index (χ2v) is 6.90. The van der Waals surface area contributed by atoms with E-state index in [2.05, 4.69) is 10.7 Å². The maximum Gasteiger partial charge on any atom is 0.362 e. The molecule has 11 nitrogen and oxygen atoms in total. The molecule has 2 aliphatic rings. The highest BCUT2D eigenvalue weighted by molar-refractivity contribution is 7.84. The van der Waals surface area contributed by atoms with Crippen molar-refractivity contribution in [2.45, 2.75) is 18.5 Å². The fourth-order valence-electron chi connectivity index (χ4n) is 2.95. The molecule has 12 heteroatoms. The predicted octanol–water partition coefficient (Wildman–Crippen LogP) is -1.09. The number of hydrogen-bond donors (Lipinski definition) is 4. The van der Waals surface area contributed by atoms with Crippen LogP contribution in [0.4, 0.5) is 10.5 Å². The minimum atomic E-state index is -4.59. The van der Waals surface area contributed by atoms with Crippen LogP contribution >= 0.6 is 0 Å². The molecule has 4 amide bonds. The Morgan fingerprint density at radius 3 is 2.44 bits per heavy atom. The first-order chi connectivity index (χ1) is 11.7. The zero-order valence-electron chi connectivity index (χ0n) is 12.7. The first-order valence-corrected chi connectivity index (χ1v) is 8.63. The number of rotatable bonds is 4. The lowest BCUT2D eigenvalue weighted by Crippen LogP contribution is -2.69. The van der Waals surface area contributed by atoms with Crippen molar-refractivity contribution in [3.63, 3.8) is 0 Å². The summed E-state index contributed by atoms with van der Waals surface area (Å²) in [7, 11) is -4.59. The maximum atomic E-state index is 12.0. The first kappa shape index (κ1) is 17.1. The summed E-state index contributed by atoms with van der Waals surface area (Å²) in [6.07, 6.45) is 0.295. The number of β-lactam (4-membered cyclic amide) rings is 1. The number of primary amides is 1. The van der Waals surface area contributed by atoms with Gasteiger partial charge in [-0.05, 0) is 30.7 Å². The van der Waals surface area contributed by atoms with Gasteiger partial charge in [-0.2, -0.15) is 8.42 Å². The number of anilines is 1. The van der Waals surface area contributed by atoms with Gasteiger partial charge >= 0.3 is 16.3 Å². The largest absolute Gasteiger partial charge is 0.366 e. The molecule has 25 heavy (non-hydrogen) atoms. The molecule has 0 aliphatic carbocycles. The van der Waals surface area contributed by atoms with E-state index >= 15 is 0 Å². The van der Waals surface area contributed by atoms with Crippen molar-refractivity contribution in [1.29, 1.82) is 0 Å². The van der Waals surface area contributed by atoms with Gasteiger partial charge in [0.1, 0.15) is 6.04 Å². The number of benzene rings is 1. The van der Waals surface area contributed by atoms with Gasteiger partial charge in [-0.3, -0.25) is 19.6 Å². The van der Waals surface area contributed by atoms with Gasteiger partial charge in [0.05, 0.1) is 6.04 Å². The molecule has 0 saturated carbocycles. The second-order valence-electron chi connectivity index (χ2n) is 5.61. The molecule has 2 atom stereocenters. The molecule has 2 heterocycles. The zero-order chi connectivity index (χ0) is 18.4. The minimum absolute atomic E-state index is 0.251. The molecule has 1 aromatic rings. The first-order valence-electron chi connectivity index (χ1n) is 7.23. The van der Waals surface area contributed by atoms with E-state index in [4.69, 9.17) is 10.3 Å². The van der Waals surface area contributed by atoms with Crippen LogP contribution in [-0.2, 0) is 15.1 Å². The van der Waals surface area contributed by atoms with Gasteiger partial charge in [0.15, 0.2) is 0 Å². The Morgan fingerprint density at radius 1 is 1.24 bits per heavy atom. The zero-order valence-corrected chi connectivity index (χ0v) is 13.6. The molecule has 134 valence electrons. The quantitative estimate of drug-likeness (QED) is 0.387. The Labute approximate surface area is 142 Å². The molecule has 0 spiro atoms. The highest BCUT2D eigenvalue weighted by atomic mass is 32.2. The summed E-state index contributed by atoms with van der Waals surface area (Å²) in [5.41, 5.74) is 8.28. The molecule has 5 N–H and O–H groups in total. The molecule has 0 radical (unpaired) electrons. The van der Waals surface area contributed by atoms with Crippen LogP contribution in [0.15, 0.2) is 24.3 Å². The van der Waals surface area contributed by atoms with Crippen molar-refractivity contribution < 1.29 is 27.4 Å². The Hall–Kier alpha value is -2.70. The third kappa shape index (κ3) is 3.14. The number of urea groups is 1. The fraction of sp³-hybridized carbons (Fsp3) is 0.308. The number of amides is 4. The van der Waals surface area contributed by atoms with Crippen LogP contribution in [0.25, 0.3) is 0 Å². The molecule has 3 rings (SSSR count). The lowest BCUT2D eigenvalue weighted by atomic mass is 10.0. The van der Waals surface area contributed by atoms with E-state index < -0.39 is 40.2 Å². The Kier molecular flexibility index (Phi) is 4.10. The third-order valence-electron chi connectivity index (χ3n) is 4.06. The molecule has 0 aromatic heterocycles. The number of hydrazine groups is 1.